The summed E-state index contributed by atoms with van der Waals surface area (Å²) in [5.74, 6) is -0.0787. The second-order valence-corrected chi connectivity index (χ2v) is 3.14. The Labute approximate surface area is 98.1 Å². The van der Waals surface area contributed by atoms with Crippen molar-refractivity contribution in [3.63, 3.8) is 0 Å². The van der Waals surface area contributed by atoms with Crippen LogP contribution in [0.2, 0.25) is 0 Å². The van der Waals surface area contributed by atoms with Crippen molar-refractivity contribution >= 4 is 5.97 Å². The summed E-state index contributed by atoms with van der Waals surface area (Å²) >= 11 is 0. The van der Waals surface area contributed by atoms with Gasteiger partial charge in [-0.15, -0.1) is 0 Å². The van der Waals surface area contributed by atoms with Gasteiger partial charge in [0.25, 0.3) is 0 Å². The second kappa shape index (κ2) is 6.34. The van der Waals surface area contributed by atoms with E-state index in [0.29, 0.717) is 6.54 Å². The van der Waals surface area contributed by atoms with Crippen LogP contribution in [0.15, 0.2) is 47.1 Å². The first-order valence-electron chi connectivity index (χ1n) is 4.88. The van der Waals surface area contributed by atoms with Crippen molar-refractivity contribution < 1.29 is 19.4 Å². The highest BCUT2D eigenvalue weighted by Crippen LogP contribution is 2.08. The highest BCUT2D eigenvalue weighted by Gasteiger charge is 1.99. The van der Waals surface area contributed by atoms with Gasteiger partial charge >= 0.3 is 5.97 Å². The molecule has 0 fully saturated rings. The molecule has 0 radical (unpaired) electrons. The third kappa shape index (κ3) is 4.40. The summed E-state index contributed by atoms with van der Waals surface area (Å²) in [6, 6.07) is 9.03. The molecule has 90 valence electrons. The standard InChI is InChI=1S/C7H6O3.C5H7NO/c8-6-3-1-5(2-4-6)7(9)10;6-4-5-2-1-3-7-5/h1-4,8H,(H,9,10);1-3H,4,6H2. The second-order valence-electron chi connectivity index (χ2n) is 3.14. The number of benzene rings is 1. The maximum Gasteiger partial charge on any atom is 0.335 e. The van der Waals surface area contributed by atoms with Crippen LogP contribution < -0.4 is 5.73 Å². The van der Waals surface area contributed by atoms with E-state index in [2.05, 4.69) is 0 Å². The van der Waals surface area contributed by atoms with Gasteiger partial charge in [-0.3, -0.25) is 0 Å². The lowest BCUT2D eigenvalue weighted by Gasteiger charge is -1.92. The van der Waals surface area contributed by atoms with Gasteiger partial charge in [0.05, 0.1) is 18.4 Å². The predicted octanol–water partition coefficient (Wildman–Crippen LogP) is 1.83. The van der Waals surface area contributed by atoms with Crippen LogP contribution in [-0.2, 0) is 6.54 Å². The molecule has 0 saturated carbocycles. The quantitative estimate of drug-likeness (QED) is 0.737. The van der Waals surface area contributed by atoms with Crippen LogP contribution in [0.25, 0.3) is 0 Å². The van der Waals surface area contributed by atoms with Crippen LogP contribution in [0, 0.1) is 0 Å². The van der Waals surface area contributed by atoms with Gasteiger partial charge in [-0.25, -0.2) is 4.79 Å². The maximum atomic E-state index is 10.2. The van der Waals surface area contributed by atoms with Gasteiger partial charge in [-0.2, -0.15) is 0 Å². The SMILES string of the molecule is NCc1ccco1.O=C(O)c1ccc(O)cc1. The fourth-order valence-corrected chi connectivity index (χ4v) is 1.03. The summed E-state index contributed by atoms with van der Waals surface area (Å²) in [5.41, 5.74) is 5.38. The Morgan fingerprint density at radius 3 is 2.24 bits per heavy atom. The smallest absolute Gasteiger partial charge is 0.335 e. The van der Waals surface area contributed by atoms with Crippen molar-refractivity contribution in [2.75, 3.05) is 0 Å². The van der Waals surface area contributed by atoms with Crippen molar-refractivity contribution in [2.24, 2.45) is 5.73 Å². The number of hydrogen-bond acceptors (Lipinski definition) is 4. The molecule has 0 aliphatic carbocycles. The lowest BCUT2D eigenvalue weighted by molar-refractivity contribution is 0.0697. The number of carboxylic acids is 1. The number of rotatable bonds is 2. The van der Waals surface area contributed by atoms with Crippen LogP contribution in [0.1, 0.15) is 16.1 Å². The predicted molar refractivity (Wildman–Crippen MR) is 61.7 cm³/mol. The Hall–Kier alpha value is -2.27. The fraction of sp³-hybridized carbons (Fsp3) is 0.0833. The van der Waals surface area contributed by atoms with Gasteiger partial charge in [-0.1, -0.05) is 0 Å². The minimum absolute atomic E-state index is 0.0741. The molecule has 1 aromatic heterocycles. The van der Waals surface area contributed by atoms with Gasteiger partial charge in [0.1, 0.15) is 11.5 Å². The maximum absolute atomic E-state index is 10.2. The van der Waals surface area contributed by atoms with Crippen LogP contribution in [0.4, 0.5) is 0 Å². The molecule has 0 aliphatic rings. The highest BCUT2D eigenvalue weighted by molar-refractivity contribution is 5.87. The van der Waals surface area contributed by atoms with Gasteiger partial charge in [0.2, 0.25) is 0 Å². The summed E-state index contributed by atoms with van der Waals surface area (Å²) < 4.78 is 4.86. The average molecular weight is 235 g/mol. The number of aromatic carboxylic acids is 1. The van der Waals surface area contributed by atoms with E-state index in [0.717, 1.165) is 5.76 Å². The normalized spacial score (nSPS) is 9.24. The molecule has 2 aromatic rings. The number of aromatic hydroxyl groups is 1. The summed E-state index contributed by atoms with van der Waals surface area (Å²) in [4.78, 5) is 10.2. The molecule has 1 heterocycles. The van der Waals surface area contributed by atoms with E-state index in [1.807, 2.05) is 12.1 Å². The van der Waals surface area contributed by atoms with E-state index in [1.54, 1.807) is 6.26 Å². The number of furan rings is 1. The van der Waals surface area contributed by atoms with Crippen LogP contribution in [0.5, 0.6) is 5.75 Å². The molecule has 0 unspecified atom stereocenters. The van der Waals surface area contributed by atoms with Crippen LogP contribution >= 0.6 is 0 Å². The van der Waals surface area contributed by atoms with E-state index >= 15 is 0 Å². The number of nitrogens with two attached hydrogens (primary N) is 1. The van der Waals surface area contributed by atoms with E-state index in [4.69, 9.17) is 20.4 Å². The zero-order valence-corrected chi connectivity index (χ0v) is 9.04. The van der Waals surface area contributed by atoms with Crippen molar-refractivity contribution in [3.8, 4) is 5.75 Å². The van der Waals surface area contributed by atoms with E-state index in [-0.39, 0.29) is 11.3 Å². The van der Waals surface area contributed by atoms with Gasteiger partial charge < -0.3 is 20.4 Å². The number of carboxylic acid groups (broad SMARTS) is 1. The minimum atomic E-state index is -0.986. The largest absolute Gasteiger partial charge is 0.508 e. The van der Waals surface area contributed by atoms with Gasteiger partial charge in [0.15, 0.2) is 0 Å². The average Bonchev–Trinajstić information content (AvgIpc) is 2.83. The fourth-order valence-electron chi connectivity index (χ4n) is 1.03. The third-order valence-corrected chi connectivity index (χ3v) is 1.90. The summed E-state index contributed by atoms with van der Waals surface area (Å²) in [6.07, 6.45) is 1.61. The molecule has 0 aliphatic heterocycles. The minimum Gasteiger partial charge on any atom is -0.508 e. The molecule has 1 aromatic carbocycles. The number of hydrogen-bond donors (Lipinski definition) is 3. The number of phenolic OH excluding ortho intramolecular Hbond substituents is 1. The monoisotopic (exact) mass is 235 g/mol. The lowest BCUT2D eigenvalue weighted by atomic mass is 10.2. The van der Waals surface area contributed by atoms with Crippen LogP contribution in [-0.4, -0.2) is 16.2 Å². The van der Waals surface area contributed by atoms with E-state index < -0.39 is 5.97 Å². The summed E-state index contributed by atoms with van der Waals surface area (Å²) in [6.45, 7) is 0.493. The molecule has 0 amide bonds. The molecule has 5 nitrogen and oxygen atoms in total. The highest BCUT2D eigenvalue weighted by atomic mass is 16.4. The molecule has 0 bridgehead atoms. The van der Waals surface area contributed by atoms with Gasteiger partial charge in [-0.05, 0) is 36.4 Å². The molecule has 17 heavy (non-hydrogen) atoms. The summed E-state index contributed by atoms with van der Waals surface area (Å²) in [5, 5.41) is 17.1. The molecular weight excluding hydrogens is 222 g/mol. The molecule has 0 spiro atoms. The first-order valence-corrected chi connectivity index (χ1v) is 4.88. The number of carbonyl (C=O) groups is 1. The summed E-state index contributed by atoms with van der Waals surface area (Å²) in [7, 11) is 0. The van der Waals surface area contributed by atoms with Crippen LogP contribution in [0.3, 0.4) is 0 Å². The lowest BCUT2D eigenvalue weighted by Crippen LogP contribution is -1.93. The third-order valence-electron chi connectivity index (χ3n) is 1.90. The topological polar surface area (TPSA) is 96.7 Å². The van der Waals surface area contributed by atoms with Crippen molar-refractivity contribution in [3.05, 3.63) is 54.0 Å². The zero-order valence-electron chi connectivity index (χ0n) is 9.04. The van der Waals surface area contributed by atoms with Crippen molar-refractivity contribution in [1.82, 2.24) is 0 Å². The number of phenols is 1. The molecule has 0 saturated heterocycles. The first-order chi connectivity index (χ1) is 8.13. The van der Waals surface area contributed by atoms with E-state index in [9.17, 15) is 4.79 Å². The molecule has 0 atom stereocenters. The molecule has 5 heteroatoms. The Morgan fingerprint density at radius 2 is 1.88 bits per heavy atom. The first kappa shape index (κ1) is 12.8. The van der Waals surface area contributed by atoms with Crippen molar-refractivity contribution in [2.45, 2.75) is 6.54 Å². The molecule has 4 N–H and O–H groups in total. The van der Waals surface area contributed by atoms with E-state index in [1.165, 1.54) is 24.3 Å². The van der Waals surface area contributed by atoms with Gasteiger partial charge in [0, 0.05) is 0 Å². The zero-order chi connectivity index (χ0) is 12.7. The Morgan fingerprint density at radius 1 is 1.24 bits per heavy atom. The Bertz CT molecular complexity index is 448. The molecular formula is C12H13NO4. The molecule has 2 rings (SSSR count). The van der Waals surface area contributed by atoms with Crippen molar-refractivity contribution in [1.29, 1.82) is 0 Å². The Kier molecular flexibility index (Phi) is 4.77. The Balaban J connectivity index is 0.000000181.